The van der Waals surface area contributed by atoms with Gasteiger partial charge in [0, 0.05) is 12.8 Å². The molecule has 0 aromatic carbocycles. The van der Waals surface area contributed by atoms with E-state index in [4.69, 9.17) is 18.9 Å². The Kier molecular flexibility index (Phi) is 77.4. The first-order valence-corrected chi connectivity index (χ1v) is 42.3. The summed E-state index contributed by atoms with van der Waals surface area (Å²) in [4.78, 5) is 37.8. The number of carboxylic acids is 1. The van der Waals surface area contributed by atoms with Gasteiger partial charge in [0.25, 0.3) is 6.29 Å². The van der Waals surface area contributed by atoms with Crippen LogP contribution in [0, 0.1) is 0 Å². The average molecular weight is 1410 g/mol. The number of allylic oxidation sites excluding steroid dienone is 22. The zero-order chi connectivity index (χ0) is 73.2. The number of carboxylic acid groups (broad SMARTS) is 1. The lowest BCUT2D eigenvalue weighted by Gasteiger charge is -2.25. The molecule has 0 saturated heterocycles. The summed E-state index contributed by atoms with van der Waals surface area (Å²) in [6.45, 7) is 4.69. The Balaban J connectivity index is 3.97. The molecule has 0 aliphatic rings. The molecule has 101 heavy (non-hydrogen) atoms. The third kappa shape index (κ3) is 82.6. The van der Waals surface area contributed by atoms with Crippen LogP contribution in [0.5, 0.6) is 0 Å². The molecule has 0 aromatic rings. The van der Waals surface area contributed by atoms with Crippen molar-refractivity contribution in [1.82, 2.24) is 0 Å². The van der Waals surface area contributed by atoms with Gasteiger partial charge in [-0.05, 0) is 109 Å². The minimum Gasteiger partial charge on any atom is -0.477 e. The molecule has 0 spiro atoms. The minimum atomic E-state index is -1.51. The number of ether oxygens (including phenoxy) is 4. The zero-order valence-electron chi connectivity index (χ0n) is 66.5. The highest BCUT2D eigenvalue weighted by Crippen LogP contribution is 2.19. The maximum Gasteiger partial charge on any atom is 0.361 e. The fourth-order valence-electron chi connectivity index (χ4n) is 12.1. The summed E-state index contributed by atoms with van der Waals surface area (Å²) in [5.74, 6) is -1.98. The Morgan fingerprint density at radius 3 is 0.792 bits per heavy atom. The van der Waals surface area contributed by atoms with Gasteiger partial charge in [0.2, 0.25) is 0 Å². The lowest BCUT2D eigenvalue weighted by molar-refractivity contribution is -0.870. The van der Waals surface area contributed by atoms with Gasteiger partial charge in [0.1, 0.15) is 13.2 Å². The highest BCUT2D eigenvalue weighted by atomic mass is 16.7. The molecule has 580 valence electrons. The van der Waals surface area contributed by atoms with E-state index in [1.807, 2.05) is 21.1 Å². The Morgan fingerprint density at radius 1 is 0.297 bits per heavy atom. The van der Waals surface area contributed by atoms with Crippen molar-refractivity contribution in [3.05, 3.63) is 134 Å². The van der Waals surface area contributed by atoms with Gasteiger partial charge in [-0.3, -0.25) is 9.59 Å². The second kappa shape index (κ2) is 81.1. The van der Waals surface area contributed by atoms with Crippen molar-refractivity contribution in [3.63, 3.8) is 0 Å². The first-order chi connectivity index (χ1) is 49.6. The predicted molar refractivity (Wildman–Crippen MR) is 438 cm³/mol. The molecule has 0 amide bonds. The molecule has 1 N–H and O–H groups in total. The van der Waals surface area contributed by atoms with Crippen molar-refractivity contribution in [2.24, 2.45) is 0 Å². The maximum atomic E-state index is 13.0. The number of nitrogens with zero attached hydrogens (tertiary/aromatic N) is 1. The van der Waals surface area contributed by atoms with Gasteiger partial charge in [-0.25, -0.2) is 4.79 Å². The third-order valence-corrected chi connectivity index (χ3v) is 18.4. The second-order valence-electron chi connectivity index (χ2n) is 29.4. The first kappa shape index (κ1) is 96.4. The van der Waals surface area contributed by atoms with Crippen molar-refractivity contribution in [3.8, 4) is 0 Å². The molecule has 0 aliphatic carbocycles. The highest BCUT2D eigenvalue weighted by Gasteiger charge is 2.25. The van der Waals surface area contributed by atoms with Crippen LogP contribution < -0.4 is 0 Å². The number of rotatable bonds is 78. The smallest absolute Gasteiger partial charge is 0.361 e. The molecule has 9 nitrogen and oxygen atoms in total. The van der Waals surface area contributed by atoms with E-state index in [1.165, 1.54) is 238 Å². The van der Waals surface area contributed by atoms with E-state index in [0.717, 1.165) is 109 Å². The topological polar surface area (TPSA) is 108 Å². The Bertz CT molecular complexity index is 2130. The van der Waals surface area contributed by atoms with Gasteiger partial charge in [-0.15, -0.1) is 0 Å². The molecular weight excluding hydrogens is 1250 g/mol. The third-order valence-electron chi connectivity index (χ3n) is 18.4. The predicted octanol–water partition coefficient (Wildman–Crippen LogP) is 27.6. The fourth-order valence-corrected chi connectivity index (χ4v) is 12.1. The molecule has 2 atom stereocenters. The molecule has 2 unspecified atom stereocenters. The van der Waals surface area contributed by atoms with Crippen LogP contribution in [0.15, 0.2) is 134 Å². The highest BCUT2D eigenvalue weighted by molar-refractivity contribution is 5.71. The van der Waals surface area contributed by atoms with E-state index in [-0.39, 0.29) is 38.2 Å². The largest absolute Gasteiger partial charge is 0.477 e. The van der Waals surface area contributed by atoms with E-state index in [0.29, 0.717) is 17.4 Å². The molecule has 0 heterocycles. The number of unbranched alkanes of at least 4 members (excludes halogenated alkanes) is 41. The van der Waals surface area contributed by atoms with Crippen LogP contribution in [-0.2, 0) is 33.3 Å². The molecule has 0 rings (SSSR count). The number of aliphatic carboxylic acids is 1. The number of carbonyl (C=O) groups excluding carboxylic acids is 2. The quantitative estimate of drug-likeness (QED) is 0.0211. The van der Waals surface area contributed by atoms with Crippen molar-refractivity contribution in [2.75, 3.05) is 47.5 Å². The van der Waals surface area contributed by atoms with Crippen molar-refractivity contribution in [2.45, 2.75) is 386 Å². The van der Waals surface area contributed by atoms with Gasteiger partial charge in [-0.1, -0.05) is 385 Å². The fraction of sp³-hybridized carbons (Fsp3) is 0.728. The molecule has 0 aromatic heterocycles. The van der Waals surface area contributed by atoms with Gasteiger partial charge < -0.3 is 28.5 Å². The van der Waals surface area contributed by atoms with Crippen LogP contribution in [0.3, 0.4) is 0 Å². The molecule has 0 bridgehead atoms. The standard InChI is InChI=1S/C92H159NO8/c1-6-8-10-12-14-16-18-20-22-24-26-28-30-32-34-36-38-40-42-43-44-45-46-47-49-51-53-55-57-59-61-63-65-67-69-71-73-75-77-79-81-83-90(95)101-88(87-100-92(91(96)97)98-85-84-93(3,4)5)86-99-89(94)82-80-78-76-74-72-70-68-66-64-62-60-58-56-54-52-50-48-41-39-37-35-33-31-29-27-25-23-21-19-17-15-13-11-9-7-2/h8-11,14-17,20-23,26-29,32,34,38,40,43-44,88,92H,6-7,12-13,18-19,24-25,30-31,33,35-37,39,41-42,45-87H2,1-5H3/p+1/b10-8-,11-9-,16-14-,17-15-,22-20-,23-21-,28-26-,29-27-,34-32-,40-38-,44-43-. The van der Waals surface area contributed by atoms with E-state index in [1.54, 1.807) is 0 Å². The van der Waals surface area contributed by atoms with Gasteiger partial charge in [0.15, 0.2) is 6.10 Å². The van der Waals surface area contributed by atoms with Crippen LogP contribution in [0.1, 0.15) is 373 Å². The summed E-state index contributed by atoms with van der Waals surface area (Å²) < 4.78 is 23.1. The number of likely N-dealkylation sites (N-methyl/N-ethyl adjacent to an activating group) is 1. The molecule has 0 radical (unpaired) electrons. The minimum absolute atomic E-state index is 0.181. The van der Waals surface area contributed by atoms with Crippen LogP contribution in [0.2, 0.25) is 0 Å². The Morgan fingerprint density at radius 2 is 0.535 bits per heavy atom. The van der Waals surface area contributed by atoms with Crippen molar-refractivity contribution >= 4 is 17.9 Å². The maximum absolute atomic E-state index is 13.0. The molecular formula is C92H160NO8+. The SMILES string of the molecule is CC/C=C\C/C=C\C/C=C\C/C=C\C/C=C\C/C=C\C/C=C\CCCCCCCCCCCCCCCCCCCCCC(=O)OC(COC(=O)CCCCCCCCCCCCCCCCCCCCCCCC/C=C\C/C=C\C/C=C\C/C=C\CC)COC(OCC[N+](C)(C)C)C(=O)O. The second-order valence-corrected chi connectivity index (χ2v) is 29.4. The lowest BCUT2D eigenvalue weighted by atomic mass is 10.0. The summed E-state index contributed by atoms with van der Waals surface area (Å²) in [6.07, 6.45) is 115. The molecule has 0 fully saturated rings. The normalized spacial score (nSPS) is 13.3. The van der Waals surface area contributed by atoms with Crippen LogP contribution in [0.25, 0.3) is 0 Å². The van der Waals surface area contributed by atoms with Crippen molar-refractivity contribution < 1.29 is 42.9 Å². The lowest BCUT2D eigenvalue weighted by Crippen LogP contribution is -2.40. The Labute approximate surface area is 624 Å². The number of carbonyl (C=O) groups is 3. The number of hydrogen-bond donors (Lipinski definition) is 1. The van der Waals surface area contributed by atoms with Crippen LogP contribution in [0.4, 0.5) is 0 Å². The monoisotopic (exact) mass is 1410 g/mol. The number of hydrogen-bond acceptors (Lipinski definition) is 7. The molecule has 9 heteroatoms. The van der Waals surface area contributed by atoms with Crippen LogP contribution in [-0.4, -0.2) is 87.4 Å². The van der Waals surface area contributed by atoms with Crippen molar-refractivity contribution in [1.29, 1.82) is 0 Å². The number of esters is 2. The summed E-state index contributed by atoms with van der Waals surface area (Å²) in [5.41, 5.74) is 0. The summed E-state index contributed by atoms with van der Waals surface area (Å²) in [6, 6.07) is 0. The average Bonchev–Trinajstić information content (AvgIpc) is 1.21. The summed E-state index contributed by atoms with van der Waals surface area (Å²) in [5, 5.41) is 9.79. The Hall–Kier alpha value is -4.57. The van der Waals surface area contributed by atoms with E-state index in [9.17, 15) is 19.5 Å². The summed E-state index contributed by atoms with van der Waals surface area (Å²) in [7, 11) is 5.99. The first-order valence-electron chi connectivity index (χ1n) is 42.3. The summed E-state index contributed by atoms with van der Waals surface area (Å²) >= 11 is 0. The molecule has 0 aliphatic heterocycles. The zero-order valence-corrected chi connectivity index (χ0v) is 66.5. The van der Waals surface area contributed by atoms with Crippen LogP contribution >= 0.6 is 0 Å². The van der Waals surface area contributed by atoms with Gasteiger partial charge in [-0.2, -0.15) is 0 Å². The van der Waals surface area contributed by atoms with E-state index < -0.39 is 18.4 Å². The molecule has 0 saturated carbocycles. The van der Waals surface area contributed by atoms with E-state index >= 15 is 0 Å². The van der Waals surface area contributed by atoms with E-state index in [2.05, 4.69) is 148 Å². The van der Waals surface area contributed by atoms with Gasteiger partial charge in [0.05, 0.1) is 34.4 Å². The number of quaternary nitrogens is 1. The van der Waals surface area contributed by atoms with Gasteiger partial charge >= 0.3 is 17.9 Å².